The zero-order chi connectivity index (χ0) is 13.7. The number of carbonyl (C=O) groups excluding carboxylic acids is 1. The topological polar surface area (TPSA) is 55.1 Å². The van der Waals surface area contributed by atoms with Crippen LogP contribution in [0.15, 0.2) is 35.7 Å². The van der Waals surface area contributed by atoms with E-state index >= 15 is 0 Å². The highest BCUT2D eigenvalue weighted by Crippen LogP contribution is 2.17. The Labute approximate surface area is 116 Å². The summed E-state index contributed by atoms with van der Waals surface area (Å²) in [6.07, 6.45) is 0. The van der Waals surface area contributed by atoms with E-state index in [2.05, 4.69) is 17.2 Å². The van der Waals surface area contributed by atoms with Crippen molar-refractivity contribution in [1.82, 2.24) is 0 Å². The summed E-state index contributed by atoms with van der Waals surface area (Å²) in [4.78, 5) is 12.6. The number of aryl methyl sites for hydroxylation is 1. The molecular weight excluding hydrogens is 256 g/mol. The Balaban J connectivity index is 2.19. The first-order valence-electron chi connectivity index (χ1n) is 5.85. The molecule has 19 heavy (non-hydrogen) atoms. The Hall–Kier alpha value is -2.09. The normalized spacial score (nSPS) is 9.58. The number of thiophene rings is 1. The van der Waals surface area contributed by atoms with Gasteiger partial charge in [-0.3, -0.25) is 4.79 Å². The van der Waals surface area contributed by atoms with Crippen LogP contribution in [-0.4, -0.2) is 12.5 Å². The molecule has 0 bridgehead atoms. The fraction of sp³-hybridized carbons (Fsp3) is 0.133. The summed E-state index contributed by atoms with van der Waals surface area (Å²) in [7, 11) is 0. The second-order valence-electron chi connectivity index (χ2n) is 3.97. The van der Waals surface area contributed by atoms with E-state index in [0.29, 0.717) is 11.4 Å². The summed E-state index contributed by atoms with van der Waals surface area (Å²) in [6.45, 7) is 2.30. The van der Waals surface area contributed by atoms with Gasteiger partial charge in [0.05, 0.1) is 11.4 Å². The third kappa shape index (κ3) is 3.44. The van der Waals surface area contributed by atoms with Crippen molar-refractivity contribution in [2.45, 2.75) is 6.92 Å². The van der Waals surface area contributed by atoms with Gasteiger partial charge in [0.25, 0.3) is 5.91 Å². The van der Waals surface area contributed by atoms with Crippen molar-refractivity contribution < 1.29 is 4.79 Å². The Bertz CT molecular complexity index is 636. The molecular formula is C15H14N2OS. The molecule has 0 radical (unpaired) electrons. The molecule has 4 heteroatoms. The van der Waals surface area contributed by atoms with Crippen LogP contribution in [0.25, 0.3) is 0 Å². The minimum absolute atomic E-state index is 0.100. The Kier molecular flexibility index (Phi) is 4.35. The predicted molar refractivity (Wildman–Crippen MR) is 79.4 cm³/mol. The average Bonchev–Trinajstić information content (AvgIpc) is 2.93. The highest BCUT2D eigenvalue weighted by Gasteiger charge is 2.07. The fourth-order valence-corrected chi connectivity index (χ4v) is 2.20. The molecule has 0 spiro atoms. The van der Waals surface area contributed by atoms with Gasteiger partial charge in [-0.15, -0.1) is 11.3 Å². The monoisotopic (exact) mass is 270 g/mol. The maximum atomic E-state index is 11.9. The lowest BCUT2D eigenvalue weighted by Crippen LogP contribution is -2.10. The van der Waals surface area contributed by atoms with Gasteiger partial charge >= 0.3 is 0 Å². The minimum atomic E-state index is -0.100. The number of benzene rings is 1. The van der Waals surface area contributed by atoms with E-state index in [1.807, 2.05) is 36.6 Å². The maximum absolute atomic E-state index is 11.9. The summed E-state index contributed by atoms with van der Waals surface area (Å²) < 4.78 is 0. The molecule has 0 unspecified atom stereocenters. The third-order valence-electron chi connectivity index (χ3n) is 2.57. The molecule has 0 saturated heterocycles. The Morgan fingerprint density at radius 3 is 2.95 bits per heavy atom. The molecule has 96 valence electrons. The van der Waals surface area contributed by atoms with Gasteiger partial charge in [-0.25, -0.2) is 0 Å². The summed E-state index contributed by atoms with van der Waals surface area (Å²) in [5.74, 6) is 5.72. The van der Waals surface area contributed by atoms with Crippen molar-refractivity contribution in [3.05, 3.63) is 51.7 Å². The van der Waals surface area contributed by atoms with Crippen molar-refractivity contribution in [2.24, 2.45) is 5.73 Å². The lowest BCUT2D eigenvalue weighted by atomic mass is 10.1. The van der Waals surface area contributed by atoms with E-state index < -0.39 is 0 Å². The van der Waals surface area contributed by atoms with E-state index in [1.165, 1.54) is 11.3 Å². The second kappa shape index (κ2) is 6.19. The van der Waals surface area contributed by atoms with E-state index in [1.54, 1.807) is 6.07 Å². The smallest absolute Gasteiger partial charge is 0.265 e. The molecule has 3 N–H and O–H groups in total. The molecule has 3 nitrogen and oxygen atoms in total. The largest absolute Gasteiger partial charge is 0.321 e. The van der Waals surface area contributed by atoms with Crippen LogP contribution in [-0.2, 0) is 0 Å². The first-order chi connectivity index (χ1) is 9.20. The quantitative estimate of drug-likeness (QED) is 0.824. The number of rotatable bonds is 2. The van der Waals surface area contributed by atoms with E-state index in [0.717, 1.165) is 16.8 Å². The van der Waals surface area contributed by atoms with Gasteiger partial charge in [-0.05, 0) is 36.1 Å². The number of nitrogens with one attached hydrogen (secondary N) is 1. The standard InChI is InChI=1S/C15H14N2OS/c1-11-6-7-13(10-12(11)4-2-8-16)17-15(18)14-5-3-9-19-14/h3,5-7,9-10H,8,16H2,1H3,(H,17,18). The number of carbonyl (C=O) groups is 1. The maximum Gasteiger partial charge on any atom is 0.265 e. The predicted octanol–water partition coefficient (Wildman–Crippen LogP) is 2.62. The van der Waals surface area contributed by atoms with E-state index in [4.69, 9.17) is 5.73 Å². The fourth-order valence-electron chi connectivity index (χ4n) is 1.58. The van der Waals surface area contributed by atoms with Gasteiger partial charge in [-0.1, -0.05) is 24.0 Å². The van der Waals surface area contributed by atoms with E-state index in [9.17, 15) is 4.79 Å². The zero-order valence-corrected chi connectivity index (χ0v) is 11.4. The molecule has 0 aliphatic rings. The van der Waals surface area contributed by atoms with Crippen molar-refractivity contribution in [2.75, 3.05) is 11.9 Å². The molecule has 0 saturated carbocycles. The molecule has 0 atom stereocenters. The van der Waals surface area contributed by atoms with Gasteiger partial charge in [0.1, 0.15) is 0 Å². The Morgan fingerprint density at radius 1 is 1.42 bits per heavy atom. The van der Waals surface area contributed by atoms with Crippen LogP contribution < -0.4 is 11.1 Å². The molecule has 2 rings (SSSR count). The van der Waals surface area contributed by atoms with Crippen LogP contribution >= 0.6 is 11.3 Å². The molecule has 0 aliphatic heterocycles. The van der Waals surface area contributed by atoms with Gasteiger partial charge in [-0.2, -0.15) is 0 Å². The van der Waals surface area contributed by atoms with Crippen molar-refractivity contribution in [1.29, 1.82) is 0 Å². The van der Waals surface area contributed by atoms with Gasteiger partial charge in [0.15, 0.2) is 0 Å². The molecule has 0 fully saturated rings. The summed E-state index contributed by atoms with van der Waals surface area (Å²) in [6, 6.07) is 9.32. The van der Waals surface area contributed by atoms with E-state index in [-0.39, 0.29) is 5.91 Å². The molecule has 1 amide bonds. The minimum Gasteiger partial charge on any atom is -0.321 e. The van der Waals surface area contributed by atoms with Gasteiger partial charge in [0.2, 0.25) is 0 Å². The lowest BCUT2D eigenvalue weighted by molar-refractivity contribution is 0.103. The van der Waals surface area contributed by atoms with Crippen molar-refractivity contribution >= 4 is 22.9 Å². The van der Waals surface area contributed by atoms with Crippen LogP contribution in [0, 0.1) is 18.8 Å². The first kappa shape index (κ1) is 13.3. The SMILES string of the molecule is Cc1ccc(NC(=O)c2cccs2)cc1C#CCN. The molecule has 0 aliphatic carbocycles. The number of amides is 1. The third-order valence-corrected chi connectivity index (χ3v) is 3.43. The van der Waals surface area contributed by atoms with Crippen LogP contribution in [0.5, 0.6) is 0 Å². The van der Waals surface area contributed by atoms with Gasteiger partial charge < -0.3 is 11.1 Å². The molecule has 1 aromatic heterocycles. The van der Waals surface area contributed by atoms with Crippen molar-refractivity contribution in [3.8, 4) is 11.8 Å². The zero-order valence-electron chi connectivity index (χ0n) is 10.6. The Morgan fingerprint density at radius 2 is 2.26 bits per heavy atom. The second-order valence-corrected chi connectivity index (χ2v) is 4.91. The number of nitrogens with two attached hydrogens (primary N) is 1. The molecule has 1 heterocycles. The number of hydrogen-bond donors (Lipinski definition) is 2. The average molecular weight is 270 g/mol. The molecule has 2 aromatic rings. The van der Waals surface area contributed by atoms with Gasteiger partial charge in [0, 0.05) is 11.3 Å². The van der Waals surface area contributed by atoms with Crippen LogP contribution in [0.3, 0.4) is 0 Å². The lowest BCUT2D eigenvalue weighted by Gasteiger charge is -2.06. The highest BCUT2D eigenvalue weighted by molar-refractivity contribution is 7.12. The summed E-state index contributed by atoms with van der Waals surface area (Å²) in [5, 5.41) is 4.74. The van der Waals surface area contributed by atoms with Crippen molar-refractivity contribution in [3.63, 3.8) is 0 Å². The summed E-state index contributed by atoms with van der Waals surface area (Å²) in [5.41, 5.74) is 8.06. The first-order valence-corrected chi connectivity index (χ1v) is 6.73. The van der Waals surface area contributed by atoms with Crippen LogP contribution in [0.2, 0.25) is 0 Å². The van der Waals surface area contributed by atoms with Crippen LogP contribution in [0.1, 0.15) is 20.8 Å². The number of anilines is 1. The number of hydrogen-bond acceptors (Lipinski definition) is 3. The van der Waals surface area contributed by atoms with Crippen LogP contribution in [0.4, 0.5) is 5.69 Å². The highest BCUT2D eigenvalue weighted by atomic mass is 32.1. The summed E-state index contributed by atoms with van der Waals surface area (Å²) >= 11 is 1.41. The molecule has 1 aromatic carbocycles.